The van der Waals surface area contributed by atoms with Gasteiger partial charge in [-0.25, -0.2) is 5.01 Å². The summed E-state index contributed by atoms with van der Waals surface area (Å²) in [5.74, 6) is 1.61. The van der Waals surface area contributed by atoms with Crippen LogP contribution in [0.25, 0.3) is 6.08 Å². The van der Waals surface area contributed by atoms with Crippen molar-refractivity contribution >= 4 is 35.0 Å². The SMILES string of the molecule is COc1cc2c(cc1OC)C1N(CC2)C(C(=O)/C=C/c2ccc(Cl)cc2)=NN1c1ccccc1. The van der Waals surface area contributed by atoms with Crippen molar-refractivity contribution in [1.82, 2.24) is 4.90 Å². The molecule has 1 atom stereocenters. The van der Waals surface area contributed by atoms with Gasteiger partial charge in [-0.3, -0.25) is 4.79 Å². The van der Waals surface area contributed by atoms with E-state index in [1.165, 1.54) is 0 Å². The van der Waals surface area contributed by atoms with Crippen molar-refractivity contribution in [2.24, 2.45) is 5.10 Å². The molecule has 6 nitrogen and oxygen atoms in total. The monoisotopic (exact) mass is 473 g/mol. The number of halogens is 1. The minimum Gasteiger partial charge on any atom is -0.493 e. The normalized spacial score (nSPS) is 16.8. The Labute approximate surface area is 203 Å². The van der Waals surface area contributed by atoms with Crippen molar-refractivity contribution in [3.8, 4) is 11.5 Å². The molecule has 3 aromatic rings. The van der Waals surface area contributed by atoms with Crippen molar-refractivity contribution in [2.75, 3.05) is 25.8 Å². The molecule has 172 valence electrons. The maximum absolute atomic E-state index is 13.3. The molecule has 0 saturated heterocycles. The van der Waals surface area contributed by atoms with E-state index in [4.69, 9.17) is 26.2 Å². The molecule has 0 fully saturated rings. The number of carbonyl (C=O) groups is 1. The second-order valence-electron chi connectivity index (χ2n) is 8.08. The number of hydrazone groups is 1. The highest BCUT2D eigenvalue weighted by Crippen LogP contribution is 2.43. The first kappa shape index (κ1) is 22.0. The van der Waals surface area contributed by atoms with Crippen molar-refractivity contribution in [2.45, 2.75) is 12.6 Å². The van der Waals surface area contributed by atoms with Gasteiger partial charge in [0.25, 0.3) is 0 Å². The number of anilines is 1. The first-order valence-electron chi connectivity index (χ1n) is 11.0. The summed E-state index contributed by atoms with van der Waals surface area (Å²) in [7, 11) is 3.26. The second kappa shape index (κ2) is 9.23. The summed E-state index contributed by atoms with van der Waals surface area (Å²) >= 11 is 5.97. The topological polar surface area (TPSA) is 54.4 Å². The fraction of sp³-hybridized carbons (Fsp3) is 0.185. The van der Waals surface area contributed by atoms with Gasteiger partial charge in [-0.15, -0.1) is 5.10 Å². The number of ketones is 1. The second-order valence-corrected chi connectivity index (χ2v) is 8.51. The third kappa shape index (κ3) is 4.01. The Hall–Kier alpha value is -3.77. The molecule has 3 aromatic carbocycles. The number of benzene rings is 3. The maximum Gasteiger partial charge on any atom is 0.222 e. The van der Waals surface area contributed by atoms with Crippen LogP contribution in [0.15, 0.2) is 77.9 Å². The number of hydrogen-bond acceptors (Lipinski definition) is 6. The summed E-state index contributed by atoms with van der Waals surface area (Å²) in [6.45, 7) is 0.663. The van der Waals surface area contributed by atoms with Gasteiger partial charge in [0.2, 0.25) is 5.78 Å². The number of methoxy groups -OCH3 is 2. The van der Waals surface area contributed by atoms with Crippen molar-refractivity contribution < 1.29 is 14.3 Å². The molecule has 5 rings (SSSR count). The van der Waals surface area contributed by atoms with E-state index in [1.807, 2.05) is 59.6 Å². The number of carbonyl (C=O) groups excluding carboxylic acids is 1. The molecule has 7 heteroatoms. The zero-order valence-corrected chi connectivity index (χ0v) is 19.7. The fourth-order valence-electron chi connectivity index (χ4n) is 4.42. The van der Waals surface area contributed by atoms with Crippen LogP contribution in [0.1, 0.15) is 22.9 Å². The third-order valence-electron chi connectivity index (χ3n) is 6.09. The van der Waals surface area contributed by atoms with Crippen LogP contribution >= 0.6 is 11.6 Å². The van der Waals surface area contributed by atoms with Gasteiger partial charge in [-0.1, -0.05) is 48.0 Å². The maximum atomic E-state index is 13.3. The van der Waals surface area contributed by atoms with Crippen LogP contribution < -0.4 is 14.5 Å². The molecule has 0 aliphatic carbocycles. The third-order valence-corrected chi connectivity index (χ3v) is 6.34. The van der Waals surface area contributed by atoms with Crippen LogP contribution in [0.4, 0.5) is 5.69 Å². The number of hydrogen-bond donors (Lipinski definition) is 0. The summed E-state index contributed by atoms with van der Waals surface area (Å²) in [6.07, 6.45) is 3.86. The number of rotatable bonds is 6. The summed E-state index contributed by atoms with van der Waals surface area (Å²) in [4.78, 5) is 15.4. The molecular weight excluding hydrogens is 450 g/mol. The average molecular weight is 474 g/mol. The molecule has 2 aliphatic rings. The summed E-state index contributed by atoms with van der Waals surface area (Å²) in [5, 5.41) is 7.37. The molecule has 0 radical (unpaired) electrons. The van der Waals surface area contributed by atoms with Gasteiger partial charge in [0.05, 0.1) is 19.9 Å². The molecule has 2 heterocycles. The van der Waals surface area contributed by atoms with E-state index >= 15 is 0 Å². The average Bonchev–Trinajstić information content (AvgIpc) is 3.28. The lowest BCUT2D eigenvalue weighted by atomic mass is 9.95. The lowest BCUT2D eigenvalue weighted by Gasteiger charge is -2.37. The first-order valence-corrected chi connectivity index (χ1v) is 11.4. The summed E-state index contributed by atoms with van der Waals surface area (Å²) in [6, 6.07) is 21.2. The van der Waals surface area contributed by atoms with Gasteiger partial charge >= 0.3 is 0 Å². The standard InChI is InChI=1S/C27H24ClN3O3/c1-33-24-16-19-14-15-30-26(23(32)13-10-18-8-11-20(28)12-9-18)29-31(21-6-4-3-5-7-21)27(30)22(19)17-25(24)34-2/h3-13,16-17,27H,14-15H2,1-2H3/b13-10+. The Balaban J connectivity index is 1.54. The van der Waals surface area contributed by atoms with Crippen LogP contribution in [0.5, 0.6) is 11.5 Å². The molecule has 0 amide bonds. The van der Waals surface area contributed by atoms with Crippen molar-refractivity contribution in [3.05, 3.63) is 94.5 Å². The highest BCUT2D eigenvalue weighted by atomic mass is 35.5. The lowest BCUT2D eigenvalue weighted by Crippen LogP contribution is -2.42. The van der Waals surface area contributed by atoms with Gasteiger partial charge in [0, 0.05) is 17.1 Å². The van der Waals surface area contributed by atoms with Gasteiger partial charge in [0.1, 0.15) is 0 Å². The van der Waals surface area contributed by atoms with Crippen LogP contribution in [-0.4, -0.2) is 37.3 Å². The van der Waals surface area contributed by atoms with Gasteiger partial charge in [-0.05, 0) is 60.0 Å². The summed E-state index contributed by atoms with van der Waals surface area (Å²) in [5.41, 5.74) is 4.00. The van der Waals surface area contributed by atoms with E-state index in [0.29, 0.717) is 28.9 Å². The van der Waals surface area contributed by atoms with Crippen LogP contribution in [-0.2, 0) is 11.2 Å². The predicted octanol–water partition coefficient (Wildman–Crippen LogP) is 5.33. The van der Waals surface area contributed by atoms with E-state index in [1.54, 1.807) is 38.5 Å². The number of fused-ring (bicyclic) bond motifs is 3. The highest BCUT2D eigenvalue weighted by Gasteiger charge is 2.42. The smallest absolute Gasteiger partial charge is 0.222 e. The molecular formula is C27H24ClN3O3. The van der Waals surface area contributed by atoms with E-state index in [2.05, 4.69) is 4.90 Å². The fourth-order valence-corrected chi connectivity index (χ4v) is 4.54. The Morgan fingerprint density at radius 2 is 1.74 bits per heavy atom. The molecule has 0 aromatic heterocycles. The molecule has 0 saturated carbocycles. The molecule has 0 N–H and O–H groups in total. The predicted molar refractivity (Wildman–Crippen MR) is 135 cm³/mol. The van der Waals surface area contributed by atoms with Crippen LogP contribution in [0, 0.1) is 0 Å². The Morgan fingerprint density at radius 1 is 1.03 bits per heavy atom. The zero-order chi connectivity index (χ0) is 23.7. The van der Waals surface area contributed by atoms with Crippen molar-refractivity contribution in [1.29, 1.82) is 0 Å². The summed E-state index contributed by atoms with van der Waals surface area (Å²) < 4.78 is 11.1. The van der Waals surface area contributed by atoms with E-state index in [9.17, 15) is 4.79 Å². The van der Waals surface area contributed by atoms with E-state index < -0.39 is 0 Å². The molecule has 1 unspecified atom stereocenters. The molecule has 34 heavy (non-hydrogen) atoms. The van der Waals surface area contributed by atoms with Crippen molar-refractivity contribution in [3.63, 3.8) is 0 Å². The van der Waals surface area contributed by atoms with Gasteiger partial charge < -0.3 is 14.4 Å². The number of para-hydroxylation sites is 1. The van der Waals surface area contributed by atoms with Gasteiger partial charge in [0.15, 0.2) is 23.5 Å². The minimum absolute atomic E-state index is 0.151. The Bertz CT molecular complexity index is 1270. The van der Waals surface area contributed by atoms with Crippen LogP contribution in [0.3, 0.4) is 0 Å². The highest BCUT2D eigenvalue weighted by molar-refractivity contribution is 6.44. The molecule has 0 spiro atoms. The quantitative estimate of drug-likeness (QED) is 0.453. The minimum atomic E-state index is -0.256. The molecule has 0 bridgehead atoms. The van der Waals surface area contributed by atoms with E-state index in [0.717, 1.165) is 28.8 Å². The number of amidine groups is 1. The van der Waals surface area contributed by atoms with Gasteiger partial charge in [-0.2, -0.15) is 0 Å². The van der Waals surface area contributed by atoms with Crippen LogP contribution in [0.2, 0.25) is 5.02 Å². The van der Waals surface area contributed by atoms with E-state index in [-0.39, 0.29) is 11.9 Å². The Kier molecular flexibility index (Phi) is 5.99. The lowest BCUT2D eigenvalue weighted by molar-refractivity contribution is -0.109. The first-order chi connectivity index (χ1) is 16.6. The largest absolute Gasteiger partial charge is 0.493 e. The number of nitrogens with zero attached hydrogens (tertiary/aromatic N) is 3. The Morgan fingerprint density at radius 3 is 2.44 bits per heavy atom. The number of ether oxygens (including phenoxy) is 2. The molecule has 2 aliphatic heterocycles. The zero-order valence-electron chi connectivity index (χ0n) is 18.9.